The van der Waals surface area contributed by atoms with Crippen molar-refractivity contribution in [2.24, 2.45) is 5.73 Å². The van der Waals surface area contributed by atoms with E-state index in [-0.39, 0.29) is 5.91 Å². The third kappa shape index (κ3) is 6.96. The van der Waals surface area contributed by atoms with Gasteiger partial charge in [-0.25, -0.2) is 4.79 Å². The van der Waals surface area contributed by atoms with Crippen molar-refractivity contribution in [3.8, 4) is 11.1 Å². The number of benzene rings is 3. The van der Waals surface area contributed by atoms with Gasteiger partial charge in [0.2, 0.25) is 5.91 Å². The van der Waals surface area contributed by atoms with Gasteiger partial charge in [0, 0.05) is 11.4 Å². The van der Waals surface area contributed by atoms with Gasteiger partial charge in [-0.1, -0.05) is 54.6 Å². The summed E-state index contributed by atoms with van der Waals surface area (Å²) in [6.45, 7) is 5.39. The van der Waals surface area contributed by atoms with Crippen LogP contribution in [0.5, 0.6) is 0 Å². The molecule has 166 valence electrons. The van der Waals surface area contributed by atoms with Crippen LogP contribution in [0.4, 0.5) is 16.2 Å². The van der Waals surface area contributed by atoms with Gasteiger partial charge in [0.1, 0.15) is 5.60 Å². The summed E-state index contributed by atoms with van der Waals surface area (Å²) in [5.74, 6) is -0.273. The Morgan fingerprint density at radius 1 is 0.812 bits per heavy atom. The van der Waals surface area contributed by atoms with Gasteiger partial charge < -0.3 is 15.8 Å². The molecule has 0 aliphatic carbocycles. The maximum absolute atomic E-state index is 12.5. The number of carbonyl (C=O) groups is 2. The molecular formula is C26H29N3O3. The highest BCUT2D eigenvalue weighted by atomic mass is 16.6. The van der Waals surface area contributed by atoms with Crippen LogP contribution in [-0.2, 0) is 16.0 Å². The Balaban J connectivity index is 1.52. The number of nitrogens with two attached hydrogens (primary N) is 1. The van der Waals surface area contributed by atoms with Gasteiger partial charge in [0.25, 0.3) is 0 Å². The molecule has 2 amide bonds. The first kappa shape index (κ1) is 23.0. The van der Waals surface area contributed by atoms with Gasteiger partial charge in [0.15, 0.2) is 0 Å². The summed E-state index contributed by atoms with van der Waals surface area (Å²) in [5.41, 5.74) is 9.96. The van der Waals surface area contributed by atoms with Crippen LogP contribution in [0.2, 0.25) is 0 Å². The zero-order chi connectivity index (χ0) is 23.1. The van der Waals surface area contributed by atoms with Crippen LogP contribution in [0, 0.1) is 0 Å². The van der Waals surface area contributed by atoms with E-state index in [9.17, 15) is 9.59 Å². The number of ether oxygens (including phenoxy) is 1. The first-order valence-electron chi connectivity index (χ1n) is 10.5. The number of rotatable bonds is 6. The lowest BCUT2D eigenvalue weighted by Crippen LogP contribution is -2.37. The summed E-state index contributed by atoms with van der Waals surface area (Å²) in [7, 11) is 0. The van der Waals surface area contributed by atoms with Gasteiger partial charge >= 0.3 is 6.09 Å². The second kappa shape index (κ2) is 10.1. The fourth-order valence-corrected chi connectivity index (χ4v) is 3.10. The Morgan fingerprint density at radius 2 is 1.34 bits per heavy atom. The summed E-state index contributed by atoms with van der Waals surface area (Å²) in [6.07, 6.45) is -0.103. The van der Waals surface area contributed by atoms with Gasteiger partial charge in [-0.15, -0.1) is 0 Å². The zero-order valence-electron chi connectivity index (χ0n) is 18.6. The van der Waals surface area contributed by atoms with Gasteiger partial charge in [-0.2, -0.15) is 0 Å². The first-order valence-corrected chi connectivity index (χ1v) is 10.5. The second-order valence-corrected chi connectivity index (χ2v) is 8.57. The Bertz CT molecular complexity index is 1040. The maximum atomic E-state index is 12.5. The van der Waals surface area contributed by atoms with Crippen LogP contribution in [-0.4, -0.2) is 23.6 Å². The highest BCUT2D eigenvalue weighted by Gasteiger charge is 2.17. The summed E-state index contributed by atoms with van der Waals surface area (Å²) in [4.78, 5) is 24.3. The van der Waals surface area contributed by atoms with Crippen LogP contribution in [0.3, 0.4) is 0 Å². The molecule has 0 bridgehead atoms. The van der Waals surface area contributed by atoms with Gasteiger partial charge in [-0.3, -0.25) is 10.1 Å². The average molecular weight is 432 g/mol. The fourth-order valence-electron chi connectivity index (χ4n) is 3.10. The fraction of sp³-hybridized carbons (Fsp3) is 0.231. The lowest BCUT2D eigenvalue weighted by molar-refractivity contribution is -0.117. The zero-order valence-corrected chi connectivity index (χ0v) is 18.6. The smallest absolute Gasteiger partial charge is 0.412 e. The van der Waals surface area contributed by atoms with Crippen molar-refractivity contribution in [2.75, 3.05) is 10.6 Å². The van der Waals surface area contributed by atoms with Crippen molar-refractivity contribution in [1.29, 1.82) is 0 Å². The molecule has 32 heavy (non-hydrogen) atoms. The molecule has 3 aromatic rings. The molecular weight excluding hydrogens is 402 g/mol. The van der Waals surface area contributed by atoms with Crippen molar-refractivity contribution in [3.63, 3.8) is 0 Å². The molecule has 0 unspecified atom stereocenters. The van der Waals surface area contributed by atoms with E-state index in [2.05, 4.69) is 22.8 Å². The van der Waals surface area contributed by atoms with Crippen LogP contribution < -0.4 is 16.4 Å². The Morgan fingerprint density at radius 3 is 1.91 bits per heavy atom. The maximum Gasteiger partial charge on any atom is 0.412 e. The van der Waals surface area contributed by atoms with E-state index in [1.165, 1.54) is 0 Å². The quantitative estimate of drug-likeness (QED) is 0.499. The van der Waals surface area contributed by atoms with Crippen molar-refractivity contribution >= 4 is 23.4 Å². The van der Waals surface area contributed by atoms with Crippen molar-refractivity contribution in [2.45, 2.75) is 38.8 Å². The molecule has 6 nitrogen and oxygen atoms in total. The Hall–Kier alpha value is -3.64. The molecule has 0 aromatic heterocycles. The predicted octanol–water partition coefficient (Wildman–Crippen LogP) is 5.21. The van der Waals surface area contributed by atoms with Crippen LogP contribution in [0.25, 0.3) is 11.1 Å². The summed E-state index contributed by atoms with van der Waals surface area (Å²) in [6, 6.07) is 24.3. The van der Waals surface area contributed by atoms with Crippen molar-refractivity contribution in [1.82, 2.24) is 0 Å². The highest BCUT2D eigenvalue weighted by Crippen LogP contribution is 2.20. The molecule has 0 heterocycles. The number of anilines is 2. The van der Waals surface area contributed by atoms with E-state index in [4.69, 9.17) is 10.5 Å². The van der Waals surface area contributed by atoms with Crippen LogP contribution >= 0.6 is 0 Å². The van der Waals surface area contributed by atoms with E-state index in [0.29, 0.717) is 17.8 Å². The van der Waals surface area contributed by atoms with Crippen molar-refractivity contribution < 1.29 is 14.3 Å². The molecule has 6 heteroatoms. The normalized spacial score (nSPS) is 12.0. The highest BCUT2D eigenvalue weighted by molar-refractivity contribution is 5.95. The largest absolute Gasteiger partial charge is 0.444 e. The molecule has 0 saturated carbocycles. The molecule has 1 atom stereocenters. The van der Waals surface area contributed by atoms with E-state index >= 15 is 0 Å². The lowest BCUT2D eigenvalue weighted by atomic mass is 10.0. The lowest BCUT2D eigenvalue weighted by Gasteiger charge is -2.19. The Labute approximate surface area is 188 Å². The number of amides is 2. The van der Waals surface area contributed by atoms with Crippen LogP contribution in [0.1, 0.15) is 26.3 Å². The molecule has 3 aromatic carbocycles. The third-order valence-corrected chi connectivity index (χ3v) is 4.65. The van der Waals surface area contributed by atoms with Crippen molar-refractivity contribution in [3.05, 3.63) is 84.4 Å². The van der Waals surface area contributed by atoms with E-state index < -0.39 is 17.7 Å². The first-order chi connectivity index (χ1) is 15.2. The van der Waals surface area contributed by atoms with Gasteiger partial charge in [0.05, 0.1) is 6.04 Å². The van der Waals surface area contributed by atoms with Gasteiger partial charge in [-0.05, 0) is 68.1 Å². The molecule has 3 rings (SSSR count). The number of carbonyl (C=O) groups excluding carboxylic acids is 2. The molecule has 0 fully saturated rings. The monoisotopic (exact) mass is 431 g/mol. The van der Waals surface area contributed by atoms with Crippen LogP contribution in [0.15, 0.2) is 78.9 Å². The summed E-state index contributed by atoms with van der Waals surface area (Å²) >= 11 is 0. The van der Waals surface area contributed by atoms with E-state index in [1.54, 1.807) is 45.0 Å². The summed E-state index contributed by atoms with van der Waals surface area (Å²) < 4.78 is 5.22. The number of hydrogen-bond acceptors (Lipinski definition) is 4. The molecule has 0 spiro atoms. The standard InChI is InChI=1S/C26H29N3O3/c1-26(2,3)32-25(31)29-22-15-13-21(14-16-22)28-24(30)23(27)17-18-9-11-20(12-10-18)19-7-5-4-6-8-19/h4-16,23H,17,27H2,1-3H3,(H,28,30)(H,29,31)/t23-/m1/s1. The number of hydrogen-bond donors (Lipinski definition) is 3. The minimum atomic E-state index is -0.683. The van der Waals surface area contributed by atoms with E-state index in [0.717, 1.165) is 16.7 Å². The molecule has 0 saturated heterocycles. The predicted molar refractivity (Wildman–Crippen MR) is 128 cm³/mol. The SMILES string of the molecule is CC(C)(C)OC(=O)Nc1ccc(NC(=O)[C@H](N)Cc2ccc(-c3ccccc3)cc2)cc1. The third-order valence-electron chi connectivity index (χ3n) is 4.65. The number of nitrogens with one attached hydrogen (secondary N) is 2. The minimum Gasteiger partial charge on any atom is -0.444 e. The minimum absolute atomic E-state index is 0.273. The average Bonchev–Trinajstić information content (AvgIpc) is 2.75. The molecule has 0 radical (unpaired) electrons. The Kier molecular flexibility index (Phi) is 7.28. The van der Waals surface area contributed by atoms with E-state index in [1.807, 2.05) is 42.5 Å². The molecule has 0 aliphatic rings. The molecule has 4 N–H and O–H groups in total. The summed E-state index contributed by atoms with van der Waals surface area (Å²) in [5, 5.41) is 5.46. The molecule has 0 aliphatic heterocycles. The topological polar surface area (TPSA) is 93.5 Å². The second-order valence-electron chi connectivity index (χ2n) is 8.57.